The highest BCUT2D eigenvalue weighted by atomic mass is 127. The average molecular weight is 293 g/mol. The zero-order valence-corrected chi connectivity index (χ0v) is 10.2. The number of rotatable bonds is 2. The van der Waals surface area contributed by atoms with Crippen LogP contribution >= 0.6 is 22.6 Å². The molecule has 0 aromatic carbocycles. The van der Waals surface area contributed by atoms with Gasteiger partial charge in [0.05, 0.1) is 0 Å². The molecule has 1 saturated carbocycles. The summed E-state index contributed by atoms with van der Waals surface area (Å²) in [5.41, 5.74) is 0. The molecular formula is C10H16INO. The lowest BCUT2D eigenvalue weighted by molar-refractivity contribution is -0.127. The average Bonchev–Trinajstić information content (AvgIpc) is 2.73. The number of carbonyl (C=O) groups excluding carboxylic acids is 1. The first-order chi connectivity index (χ1) is 6.22. The number of hydrogen-bond acceptors (Lipinski definition) is 1. The Bertz CT molecular complexity index is 219. The predicted octanol–water partition coefficient (Wildman–Crippen LogP) is 1.93. The van der Waals surface area contributed by atoms with Crippen LogP contribution in [0.4, 0.5) is 0 Å². The van der Waals surface area contributed by atoms with Gasteiger partial charge in [-0.15, -0.1) is 0 Å². The lowest BCUT2D eigenvalue weighted by Crippen LogP contribution is -2.26. The van der Waals surface area contributed by atoms with E-state index in [1.165, 1.54) is 17.3 Å². The number of alkyl halides is 1. The van der Waals surface area contributed by atoms with Crippen LogP contribution in [0.25, 0.3) is 0 Å². The highest BCUT2D eigenvalue weighted by Gasteiger charge is 2.44. The van der Waals surface area contributed by atoms with E-state index >= 15 is 0 Å². The van der Waals surface area contributed by atoms with Gasteiger partial charge in [-0.1, -0.05) is 22.6 Å². The Morgan fingerprint density at radius 2 is 2.38 bits per heavy atom. The van der Waals surface area contributed by atoms with Gasteiger partial charge in [-0.3, -0.25) is 4.79 Å². The van der Waals surface area contributed by atoms with E-state index in [2.05, 4.69) is 22.6 Å². The van der Waals surface area contributed by atoms with Crippen molar-refractivity contribution < 1.29 is 4.79 Å². The molecule has 2 rings (SSSR count). The number of carbonyl (C=O) groups is 1. The molecule has 0 aromatic rings. The van der Waals surface area contributed by atoms with Crippen molar-refractivity contribution in [1.82, 2.24) is 4.90 Å². The third-order valence-electron chi connectivity index (χ3n) is 3.45. The largest absolute Gasteiger partial charge is 0.343 e. The first-order valence-electron chi connectivity index (χ1n) is 5.04. The van der Waals surface area contributed by atoms with Gasteiger partial charge in [-0.05, 0) is 30.6 Å². The fourth-order valence-corrected chi connectivity index (χ4v) is 3.46. The molecule has 1 aliphatic carbocycles. The number of nitrogens with zero attached hydrogens (tertiary/aromatic N) is 1. The summed E-state index contributed by atoms with van der Waals surface area (Å²) in [6.07, 6.45) is 2.66. The van der Waals surface area contributed by atoms with Crippen LogP contribution in [-0.2, 0) is 4.79 Å². The minimum absolute atomic E-state index is 0.258. The molecule has 1 aliphatic heterocycles. The lowest BCUT2D eigenvalue weighted by Gasteiger charge is -2.13. The molecule has 1 amide bonds. The highest BCUT2D eigenvalue weighted by Crippen LogP contribution is 2.48. The van der Waals surface area contributed by atoms with Crippen molar-refractivity contribution in [2.75, 3.05) is 17.5 Å². The summed E-state index contributed by atoms with van der Waals surface area (Å²) in [7, 11) is 0. The van der Waals surface area contributed by atoms with Gasteiger partial charge in [-0.25, -0.2) is 0 Å². The third kappa shape index (κ3) is 2.00. The van der Waals surface area contributed by atoms with Crippen LogP contribution in [0.3, 0.4) is 0 Å². The Morgan fingerprint density at radius 1 is 1.62 bits per heavy atom. The second-order valence-electron chi connectivity index (χ2n) is 4.33. The molecule has 0 radical (unpaired) electrons. The van der Waals surface area contributed by atoms with Crippen molar-refractivity contribution in [2.45, 2.75) is 19.8 Å². The second-order valence-corrected chi connectivity index (χ2v) is 5.21. The molecule has 0 N–H and O–H groups in total. The molecule has 13 heavy (non-hydrogen) atoms. The topological polar surface area (TPSA) is 20.3 Å². The molecule has 1 heterocycles. The SMILES string of the molecule is CC(=O)N1CCC(C2CC2CI)C1. The summed E-state index contributed by atoms with van der Waals surface area (Å²) in [5, 5.41) is 0. The Morgan fingerprint density at radius 3 is 2.85 bits per heavy atom. The van der Waals surface area contributed by atoms with E-state index in [1.54, 1.807) is 6.92 Å². The molecule has 3 atom stereocenters. The van der Waals surface area contributed by atoms with Crippen LogP contribution in [0.1, 0.15) is 19.8 Å². The molecular weight excluding hydrogens is 277 g/mol. The predicted molar refractivity (Wildman–Crippen MR) is 60.8 cm³/mol. The lowest BCUT2D eigenvalue weighted by atomic mass is 10.0. The molecule has 0 bridgehead atoms. The van der Waals surface area contributed by atoms with E-state index in [9.17, 15) is 4.79 Å². The zero-order chi connectivity index (χ0) is 9.42. The summed E-state index contributed by atoms with van der Waals surface area (Å²) >= 11 is 2.48. The summed E-state index contributed by atoms with van der Waals surface area (Å²) in [5.74, 6) is 3.00. The Balaban J connectivity index is 1.82. The Hall–Kier alpha value is 0.200. The van der Waals surface area contributed by atoms with Gasteiger partial charge >= 0.3 is 0 Å². The van der Waals surface area contributed by atoms with Gasteiger partial charge in [0.15, 0.2) is 0 Å². The minimum atomic E-state index is 0.258. The van der Waals surface area contributed by atoms with Crippen LogP contribution < -0.4 is 0 Å². The normalized spacial score (nSPS) is 38.0. The zero-order valence-electron chi connectivity index (χ0n) is 8.00. The molecule has 2 aliphatic rings. The number of halogens is 1. The van der Waals surface area contributed by atoms with E-state index in [0.29, 0.717) is 0 Å². The molecule has 3 heteroatoms. The van der Waals surface area contributed by atoms with Crippen molar-refractivity contribution in [2.24, 2.45) is 17.8 Å². The fourth-order valence-electron chi connectivity index (χ4n) is 2.45. The van der Waals surface area contributed by atoms with Gasteiger partial charge in [0.25, 0.3) is 0 Å². The number of likely N-dealkylation sites (tertiary alicyclic amines) is 1. The van der Waals surface area contributed by atoms with E-state index in [-0.39, 0.29) is 5.91 Å². The summed E-state index contributed by atoms with van der Waals surface area (Å²) in [6, 6.07) is 0. The maximum Gasteiger partial charge on any atom is 0.219 e. The monoisotopic (exact) mass is 293 g/mol. The van der Waals surface area contributed by atoms with Gasteiger partial charge in [0.1, 0.15) is 0 Å². The Kier molecular flexibility index (Phi) is 2.81. The molecule has 0 aromatic heterocycles. The van der Waals surface area contributed by atoms with Crippen molar-refractivity contribution >= 4 is 28.5 Å². The Labute approximate surface area is 93.2 Å². The third-order valence-corrected chi connectivity index (χ3v) is 4.58. The van der Waals surface area contributed by atoms with E-state index in [0.717, 1.165) is 30.8 Å². The van der Waals surface area contributed by atoms with Gasteiger partial charge in [0, 0.05) is 24.4 Å². The fraction of sp³-hybridized carbons (Fsp3) is 0.900. The minimum Gasteiger partial charge on any atom is -0.343 e. The molecule has 2 fully saturated rings. The standard InChI is InChI=1S/C10H16INO/c1-7(13)12-3-2-8(6-12)10-4-9(10)5-11/h8-10H,2-6H2,1H3. The smallest absolute Gasteiger partial charge is 0.219 e. The first-order valence-corrected chi connectivity index (χ1v) is 6.56. The van der Waals surface area contributed by atoms with Crippen molar-refractivity contribution in [1.29, 1.82) is 0 Å². The van der Waals surface area contributed by atoms with Crippen LogP contribution in [0, 0.1) is 17.8 Å². The molecule has 1 saturated heterocycles. The first kappa shape index (κ1) is 9.74. The van der Waals surface area contributed by atoms with Crippen molar-refractivity contribution in [3.8, 4) is 0 Å². The van der Waals surface area contributed by atoms with Gasteiger partial charge < -0.3 is 4.90 Å². The summed E-state index contributed by atoms with van der Waals surface area (Å²) in [6.45, 7) is 3.72. The maximum absolute atomic E-state index is 11.1. The van der Waals surface area contributed by atoms with E-state index in [1.807, 2.05) is 4.90 Å². The van der Waals surface area contributed by atoms with Crippen LogP contribution in [0.15, 0.2) is 0 Å². The van der Waals surface area contributed by atoms with E-state index < -0.39 is 0 Å². The summed E-state index contributed by atoms with van der Waals surface area (Å²) < 4.78 is 1.30. The van der Waals surface area contributed by atoms with Crippen molar-refractivity contribution in [3.63, 3.8) is 0 Å². The number of hydrogen-bond donors (Lipinski definition) is 0. The van der Waals surface area contributed by atoms with Crippen molar-refractivity contribution in [3.05, 3.63) is 0 Å². The van der Waals surface area contributed by atoms with Gasteiger partial charge in [0.2, 0.25) is 5.91 Å². The van der Waals surface area contributed by atoms with Crippen LogP contribution in [-0.4, -0.2) is 28.3 Å². The van der Waals surface area contributed by atoms with Crippen LogP contribution in [0.5, 0.6) is 0 Å². The highest BCUT2D eigenvalue weighted by molar-refractivity contribution is 14.1. The van der Waals surface area contributed by atoms with Crippen LogP contribution in [0.2, 0.25) is 0 Å². The maximum atomic E-state index is 11.1. The van der Waals surface area contributed by atoms with Gasteiger partial charge in [-0.2, -0.15) is 0 Å². The molecule has 3 unspecified atom stereocenters. The van der Waals surface area contributed by atoms with E-state index in [4.69, 9.17) is 0 Å². The molecule has 0 spiro atoms. The number of amides is 1. The second kappa shape index (κ2) is 3.75. The summed E-state index contributed by atoms with van der Waals surface area (Å²) in [4.78, 5) is 13.1. The quantitative estimate of drug-likeness (QED) is 0.563. The molecule has 2 nitrogen and oxygen atoms in total. The molecule has 74 valence electrons.